The fourth-order valence-corrected chi connectivity index (χ4v) is 3.35. The molecule has 0 saturated heterocycles. The molecule has 0 aromatic heterocycles. The van der Waals surface area contributed by atoms with E-state index < -0.39 is 29.9 Å². The van der Waals surface area contributed by atoms with Gasteiger partial charge in [-0.05, 0) is 25.2 Å². The number of nitrogens with one attached hydrogen (secondary N) is 4. The fraction of sp³-hybridized carbons (Fsp3) is 0.833. The van der Waals surface area contributed by atoms with Gasteiger partial charge < -0.3 is 51.7 Å². The normalized spacial score (nSPS) is 11.6. The maximum Gasteiger partial charge on any atom is 0.312 e. The Bertz CT molecular complexity index is 772. The Kier molecular flexibility index (Phi) is 34.9. The number of carbonyl (C=O) groups excluding carboxylic acids is 5. The average molecular weight is 651 g/mol. The topological polar surface area (TPSA) is 222 Å². The van der Waals surface area contributed by atoms with E-state index in [0.29, 0.717) is 65.6 Å². The molecule has 15 heteroatoms. The van der Waals surface area contributed by atoms with Crippen molar-refractivity contribution in [3.8, 4) is 0 Å². The number of ether oxygens (including phenoxy) is 4. The van der Waals surface area contributed by atoms with Crippen LogP contribution in [0.1, 0.15) is 80.6 Å². The molecular formula is C30H62N6O9. The summed E-state index contributed by atoms with van der Waals surface area (Å²) in [7, 11) is 0. The third kappa shape index (κ3) is 30.8. The highest BCUT2D eigenvalue weighted by molar-refractivity contribution is 5.91. The van der Waals surface area contributed by atoms with Gasteiger partial charge in [-0.15, -0.1) is 0 Å². The molecular weight excluding hydrogens is 588 g/mol. The monoisotopic (exact) mass is 650 g/mol. The molecule has 0 radical (unpaired) electrons. The number of amides is 6. The van der Waals surface area contributed by atoms with Crippen LogP contribution >= 0.6 is 0 Å². The maximum absolute atomic E-state index is 12.7. The standard InChI is InChI=1S/C26H50N6O9.2C2H6/c1-4-6-21(33)29-10-12-39-14-16-41-18-17-40-15-13-38-11-8-22(34)32-23(19(2)3)25(36)31-20(24(27)35)7-5-9-30-26(28)37;2*1-2/h19-20,23H,4-18H2,1-3H3,(H2,27,35)(H,29,33)(H,31,36)(H,32,34)(H3,28,30,37);2*1-2H3. The van der Waals surface area contributed by atoms with Gasteiger partial charge in [-0.3, -0.25) is 19.2 Å². The highest BCUT2D eigenvalue weighted by Crippen LogP contribution is 2.05. The second kappa shape index (κ2) is 33.9. The molecule has 0 rings (SSSR count). The smallest absolute Gasteiger partial charge is 0.312 e. The van der Waals surface area contributed by atoms with E-state index in [0.717, 1.165) is 6.42 Å². The molecule has 0 aromatic rings. The zero-order valence-corrected chi connectivity index (χ0v) is 28.7. The van der Waals surface area contributed by atoms with Gasteiger partial charge in [-0.25, -0.2) is 4.79 Å². The van der Waals surface area contributed by atoms with Gasteiger partial charge in [0.15, 0.2) is 0 Å². The first kappa shape index (κ1) is 46.4. The summed E-state index contributed by atoms with van der Waals surface area (Å²) in [5.41, 5.74) is 10.4. The van der Waals surface area contributed by atoms with Crippen LogP contribution in [0.4, 0.5) is 4.79 Å². The third-order valence-electron chi connectivity index (χ3n) is 5.53. The van der Waals surface area contributed by atoms with Gasteiger partial charge >= 0.3 is 6.03 Å². The third-order valence-corrected chi connectivity index (χ3v) is 5.53. The SMILES string of the molecule is CC.CC.CCCC(=O)NCCOCCOCCOCCOCCC(=O)NC(C(=O)NC(CCCNC(N)=O)C(N)=O)C(C)C. The van der Waals surface area contributed by atoms with Crippen LogP contribution < -0.4 is 32.7 Å². The van der Waals surface area contributed by atoms with Crippen molar-refractivity contribution in [2.24, 2.45) is 17.4 Å². The molecule has 0 fully saturated rings. The summed E-state index contributed by atoms with van der Waals surface area (Å²) < 4.78 is 21.6. The summed E-state index contributed by atoms with van der Waals surface area (Å²) in [6.45, 7) is 17.0. The van der Waals surface area contributed by atoms with Crippen LogP contribution in [0.2, 0.25) is 0 Å². The molecule has 0 spiro atoms. The van der Waals surface area contributed by atoms with Crippen LogP contribution in [0.5, 0.6) is 0 Å². The molecule has 0 heterocycles. The first-order chi connectivity index (χ1) is 21.6. The van der Waals surface area contributed by atoms with E-state index in [9.17, 15) is 24.0 Å². The van der Waals surface area contributed by atoms with E-state index in [4.69, 9.17) is 30.4 Å². The number of urea groups is 1. The van der Waals surface area contributed by atoms with Gasteiger partial charge in [0.2, 0.25) is 23.6 Å². The minimum Gasteiger partial charge on any atom is -0.379 e. The number of rotatable bonds is 26. The van der Waals surface area contributed by atoms with Crippen molar-refractivity contribution in [3.05, 3.63) is 0 Å². The van der Waals surface area contributed by atoms with E-state index in [2.05, 4.69) is 21.3 Å². The molecule has 2 unspecified atom stereocenters. The number of primary amides is 2. The molecule has 0 saturated carbocycles. The van der Waals surface area contributed by atoms with Crippen molar-refractivity contribution >= 4 is 29.7 Å². The minimum atomic E-state index is -0.951. The number of hydrogen-bond donors (Lipinski definition) is 6. The predicted molar refractivity (Wildman–Crippen MR) is 173 cm³/mol. The van der Waals surface area contributed by atoms with Gasteiger partial charge in [0.05, 0.1) is 52.9 Å². The Morgan fingerprint density at radius 1 is 0.644 bits per heavy atom. The van der Waals surface area contributed by atoms with Gasteiger partial charge in [-0.1, -0.05) is 48.5 Å². The van der Waals surface area contributed by atoms with Crippen molar-refractivity contribution in [1.82, 2.24) is 21.3 Å². The zero-order chi connectivity index (χ0) is 34.9. The van der Waals surface area contributed by atoms with Crippen molar-refractivity contribution in [2.75, 3.05) is 65.9 Å². The van der Waals surface area contributed by atoms with Crippen LogP contribution in [0.3, 0.4) is 0 Å². The molecule has 0 aliphatic carbocycles. The fourth-order valence-electron chi connectivity index (χ4n) is 3.35. The van der Waals surface area contributed by atoms with Gasteiger partial charge in [-0.2, -0.15) is 0 Å². The molecule has 0 aliphatic rings. The van der Waals surface area contributed by atoms with Crippen molar-refractivity contribution in [1.29, 1.82) is 0 Å². The van der Waals surface area contributed by atoms with Gasteiger partial charge in [0.25, 0.3) is 0 Å². The lowest BCUT2D eigenvalue weighted by atomic mass is 10.0. The number of carbonyl (C=O) groups is 5. The summed E-state index contributed by atoms with van der Waals surface area (Å²) in [4.78, 5) is 58.8. The van der Waals surface area contributed by atoms with Crippen molar-refractivity contribution in [2.45, 2.75) is 92.7 Å². The quantitative estimate of drug-likeness (QED) is 0.0733. The Labute approximate surface area is 269 Å². The molecule has 0 aliphatic heterocycles. The summed E-state index contributed by atoms with van der Waals surface area (Å²) >= 11 is 0. The molecule has 45 heavy (non-hydrogen) atoms. The highest BCUT2D eigenvalue weighted by Gasteiger charge is 2.27. The Balaban J connectivity index is -0.00000422. The number of nitrogens with two attached hydrogens (primary N) is 2. The molecule has 266 valence electrons. The van der Waals surface area contributed by atoms with E-state index in [1.54, 1.807) is 13.8 Å². The molecule has 6 amide bonds. The summed E-state index contributed by atoms with van der Waals surface area (Å²) in [6, 6.07) is -2.50. The van der Waals surface area contributed by atoms with Crippen molar-refractivity contribution in [3.63, 3.8) is 0 Å². The predicted octanol–water partition coefficient (Wildman–Crippen LogP) is 0.971. The average Bonchev–Trinajstić information content (AvgIpc) is 3.01. The van der Waals surface area contributed by atoms with Gasteiger partial charge in [0, 0.05) is 25.9 Å². The van der Waals surface area contributed by atoms with Crippen molar-refractivity contribution < 1.29 is 42.9 Å². The lowest BCUT2D eigenvalue weighted by Crippen LogP contribution is -2.54. The minimum absolute atomic E-state index is 0.0266. The second-order valence-electron chi connectivity index (χ2n) is 9.49. The highest BCUT2D eigenvalue weighted by atomic mass is 16.6. The Morgan fingerprint density at radius 2 is 1.16 bits per heavy atom. The first-order valence-corrected chi connectivity index (χ1v) is 16.1. The lowest BCUT2D eigenvalue weighted by molar-refractivity contribution is -0.132. The summed E-state index contributed by atoms with van der Waals surface area (Å²) in [5, 5.41) is 10.4. The van der Waals surface area contributed by atoms with E-state index in [-0.39, 0.29) is 43.7 Å². The Morgan fingerprint density at radius 3 is 1.62 bits per heavy atom. The second-order valence-corrected chi connectivity index (χ2v) is 9.49. The molecule has 0 aromatic carbocycles. The first-order valence-electron chi connectivity index (χ1n) is 16.1. The van der Waals surface area contributed by atoms with E-state index in [1.807, 2.05) is 34.6 Å². The zero-order valence-electron chi connectivity index (χ0n) is 28.7. The van der Waals surface area contributed by atoms with Crippen LogP contribution in [0, 0.1) is 5.92 Å². The van der Waals surface area contributed by atoms with Gasteiger partial charge in [0.1, 0.15) is 12.1 Å². The van der Waals surface area contributed by atoms with Crippen LogP contribution in [-0.4, -0.2) is 108 Å². The molecule has 2 atom stereocenters. The summed E-state index contributed by atoms with van der Waals surface area (Å²) in [6.07, 6.45) is 1.96. The molecule has 8 N–H and O–H groups in total. The number of hydrogen-bond acceptors (Lipinski definition) is 9. The van der Waals surface area contributed by atoms with E-state index >= 15 is 0 Å². The Hall–Kier alpha value is -3.01. The van der Waals surface area contributed by atoms with E-state index in [1.165, 1.54) is 0 Å². The molecule has 0 bridgehead atoms. The molecule has 15 nitrogen and oxygen atoms in total. The lowest BCUT2D eigenvalue weighted by Gasteiger charge is -2.24. The van der Waals surface area contributed by atoms with Crippen LogP contribution in [-0.2, 0) is 38.1 Å². The maximum atomic E-state index is 12.7. The summed E-state index contributed by atoms with van der Waals surface area (Å²) in [5.74, 6) is -1.84. The largest absolute Gasteiger partial charge is 0.379 e. The van der Waals surface area contributed by atoms with Crippen LogP contribution in [0.15, 0.2) is 0 Å². The van der Waals surface area contributed by atoms with Crippen LogP contribution in [0.25, 0.3) is 0 Å².